The van der Waals surface area contributed by atoms with Crippen LogP contribution in [-0.4, -0.2) is 26.2 Å². The minimum atomic E-state index is -1.00. The first kappa shape index (κ1) is 18.2. The number of carboxylic acid groups (broad SMARTS) is 1. The molecule has 0 aliphatic rings. The van der Waals surface area contributed by atoms with Gasteiger partial charge in [0.25, 0.3) is 0 Å². The number of ketones is 1. The zero-order valence-corrected chi connectivity index (χ0v) is 15.8. The molecule has 0 aliphatic heterocycles. The average Bonchev–Trinajstić information content (AvgIpc) is 3.07. The number of halogens is 2. The summed E-state index contributed by atoms with van der Waals surface area (Å²) in [5, 5.41) is 9.62. The molecule has 4 rings (SSSR count). The molecule has 0 unspecified atom stereocenters. The molecule has 0 atom stereocenters. The lowest BCUT2D eigenvalue weighted by Crippen LogP contribution is -2.06. The van der Waals surface area contributed by atoms with E-state index < -0.39 is 5.97 Å². The zero-order valence-electron chi connectivity index (χ0n) is 14.3. The Morgan fingerprint density at radius 1 is 0.964 bits per heavy atom. The molecule has 5 nitrogen and oxygen atoms in total. The van der Waals surface area contributed by atoms with Crippen LogP contribution in [0.1, 0.15) is 26.4 Å². The van der Waals surface area contributed by atoms with E-state index in [0.717, 1.165) is 5.56 Å². The molecule has 0 spiro atoms. The third kappa shape index (κ3) is 3.05. The molecular formula is C21H12Cl2N2O3. The maximum Gasteiger partial charge on any atom is 0.335 e. The van der Waals surface area contributed by atoms with Gasteiger partial charge in [0.1, 0.15) is 5.65 Å². The average molecular weight is 411 g/mol. The van der Waals surface area contributed by atoms with Gasteiger partial charge in [0.2, 0.25) is 5.78 Å². The van der Waals surface area contributed by atoms with E-state index in [1.165, 1.54) is 12.1 Å². The topological polar surface area (TPSA) is 71.7 Å². The van der Waals surface area contributed by atoms with Crippen molar-refractivity contribution in [2.45, 2.75) is 0 Å². The van der Waals surface area contributed by atoms with Crippen molar-refractivity contribution in [2.75, 3.05) is 0 Å². The van der Waals surface area contributed by atoms with Crippen molar-refractivity contribution in [2.24, 2.45) is 0 Å². The maximum absolute atomic E-state index is 13.2. The standard InChI is InChI=1S/C21H12Cl2N2O3/c22-15-3-1-4-16(23)18(15)19(26)17-11-14(20-24-9-2-10-25(17)20)12-5-7-13(8-6-12)21(27)28/h1-11H,(H,27,28). The van der Waals surface area contributed by atoms with Crippen LogP contribution in [0.4, 0.5) is 0 Å². The monoisotopic (exact) mass is 410 g/mol. The number of carbonyl (C=O) groups excluding carboxylic acids is 1. The summed E-state index contributed by atoms with van der Waals surface area (Å²) in [6, 6.07) is 14.7. The predicted octanol–water partition coefficient (Wildman–Crippen LogP) is 5.24. The summed E-state index contributed by atoms with van der Waals surface area (Å²) >= 11 is 12.4. The number of nitrogens with zero attached hydrogens (tertiary/aromatic N) is 2. The van der Waals surface area contributed by atoms with Gasteiger partial charge in [-0.2, -0.15) is 0 Å². The fraction of sp³-hybridized carbons (Fsp3) is 0. The zero-order chi connectivity index (χ0) is 19.8. The molecule has 4 aromatic rings. The number of carboxylic acids is 1. The second-order valence-corrected chi connectivity index (χ2v) is 6.88. The molecule has 0 bridgehead atoms. The van der Waals surface area contributed by atoms with Crippen molar-refractivity contribution in [1.82, 2.24) is 9.38 Å². The van der Waals surface area contributed by atoms with E-state index in [0.29, 0.717) is 16.9 Å². The molecule has 0 amide bonds. The minimum absolute atomic E-state index is 0.180. The first-order valence-corrected chi connectivity index (χ1v) is 9.01. The van der Waals surface area contributed by atoms with Crippen LogP contribution < -0.4 is 0 Å². The molecule has 1 N–H and O–H groups in total. The smallest absolute Gasteiger partial charge is 0.335 e. The second-order valence-electron chi connectivity index (χ2n) is 6.06. The highest BCUT2D eigenvalue weighted by Crippen LogP contribution is 2.31. The van der Waals surface area contributed by atoms with Gasteiger partial charge in [-0.1, -0.05) is 41.4 Å². The SMILES string of the molecule is O=C(O)c1ccc(-c2cc(C(=O)c3c(Cl)cccc3Cl)n3cccnc23)cc1. The third-order valence-corrected chi connectivity index (χ3v) is 5.02. The summed E-state index contributed by atoms with van der Waals surface area (Å²) in [6.07, 6.45) is 3.36. The van der Waals surface area contributed by atoms with Gasteiger partial charge < -0.3 is 5.11 Å². The molecule has 2 aromatic carbocycles. The number of benzene rings is 2. The van der Waals surface area contributed by atoms with E-state index in [2.05, 4.69) is 4.98 Å². The van der Waals surface area contributed by atoms with E-state index >= 15 is 0 Å². The number of aromatic carboxylic acids is 1. The summed E-state index contributed by atoms with van der Waals surface area (Å²) in [4.78, 5) is 28.7. The largest absolute Gasteiger partial charge is 0.478 e. The number of hydrogen-bond donors (Lipinski definition) is 1. The molecule has 2 aromatic heterocycles. The molecule has 0 saturated heterocycles. The number of aromatic nitrogens is 2. The molecular weight excluding hydrogens is 399 g/mol. The highest BCUT2D eigenvalue weighted by Gasteiger charge is 2.22. The fourth-order valence-corrected chi connectivity index (χ4v) is 3.63. The van der Waals surface area contributed by atoms with E-state index in [-0.39, 0.29) is 27.0 Å². The van der Waals surface area contributed by atoms with Crippen molar-refractivity contribution >= 4 is 40.6 Å². The highest BCUT2D eigenvalue weighted by atomic mass is 35.5. The van der Waals surface area contributed by atoms with Crippen molar-refractivity contribution in [1.29, 1.82) is 0 Å². The Kier molecular flexibility index (Phi) is 4.63. The second kappa shape index (κ2) is 7.11. The lowest BCUT2D eigenvalue weighted by atomic mass is 10.0. The molecule has 0 radical (unpaired) electrons. The maximum atomic E-state index is 13.2. The van der Waals surface area contributed by atoms with Gasteiger partial charge in [0.05, 0.1) is 26.9 Å². The third-order valence-electron chi connectivity index (χ3n) is 4.39. The van der Waals surface area contributed by atoms with E-state index in [1.54, 1.807) is 59.3 Å². The van der Waals surface area contributed by atoms with Crippen molar-refractivity contribution < 1.29 is 14.7 Å². The Balaban J connectivity index is 1.90. The number of fused-ring (bicyclic) bond motifs is 1. The number of carbonyl (C=O) groups is 2. The normalized spacial score (nSPS) is 10.9. The Morgan fingerprint density at radius 3 is 2.29 bits per heavy atom. The van der Waals surface area contributed by atoms with Gasteiger partial charge in [-0.15, -0.1) is 0 Å². The lowest BCUT2D eigenvalue weighted by molar-refractivity contribution is 0.0696. The summed E-state index contributed by atoms with van der Waals surface area (Å²) < 4.78 is 1.67. The van der Waals surface area contributed by atoms with Gasteiger partial charge in [0, 0.05) is 18.0 Å². The summed E-state index contributed by atoms with van der Waals surface area (Å²) in [5.41, 5.74) is 2.77. The quantitative estimate of drug-likeness (QED) is 0.467. The van der Waals surface area contributed by atoms with Crippen LogP contribution in [0.5, 0.6) is 0 Å². The van der Waals surface area contributed by atoms with E-state index in [1.807, 2.05) is 0 Å². The van der Waals surface area contributed by atoms with Crippen molar-refractivity contribution in [3.63, 3.8) is 0 Å². The lowest BCUT2D eigenvalue weighted by Gasteiger charge is -2.06. The van der Waals surface area contributed by atoms with Crippen LogP contribution >= 0.6 is 23.2 Å². The summed E-state index contributed by atoms with van der Waals surface area (Å²) in [5.74, 6) is -1.33. The van der Waals surface area contributed by atoms with Crippen molar-refractivity contribution in [3.05, 3.63) is 93.9 Å². The van der Waals surface area contributed by atoms with Crippen LogP contribution in [0.25, 0.3) is 16.8 Å². The van der Waals surface area contributed by atoms with Crippen LogP contribution in [0.15, 0.2) is 67.0 Å². The van der Waals surface area contributed by atoms with Gasteiger partial charge in [-0.25, -0.2) is 9.78 Å². The molecule has 7 heteroatoms. The Hall–Kier alpha value is -3.15. The van der Waals surface area contributed by atoms with Crippen LogP contribution in [0, 0.1) is 0 Å². The first-order chi connectivity index (χ1) is 13.5. The van der Waals surface area contributed by atoms with E-state index in [9.17, 15) is 9.59 Å². The van der Waals surface area contributed by atoms with Crippen LogP contribution in [0.3, 0.4) is 0 Å². The Labute approximate surface area is 169 Å². The van der Waals surface area contributed by atoms with Crippen LogP contribution in [-0.2, 0) is 0 Å². The predicted molar refractivity (Wildman–Crippen MR) is 107 cm³/mol. The summed E-state index contributed by atoms with van der Waals surface area (Å²) in [7, 11) is 0. The molecule has 28 heavy (non-hydrogen) atoms. The van der Waals surface area contributed by atoms with Gasteiger partial charge in [-0.3, -0.25) is 9.20 Å². The van der Waals surface area contributed by atoms with Gasteiger partial charge in [0.15, 0.2) is 0 Å². The molecule has 2 heterocycles. The molecule has 138 valence electrons. The first-order valence-electron chi connectivity index (χ1n) is 8.26. The molecule has 0 saturated carbocycles. The van der Waals surface area contributed by atoms with Gasteiger partial charge >= 0.3 is 5.97 Å². The van der Waals surface area contributed by atoms with Crippen LogP contribution in [0.2, 0.25) is 10.0 Å². The molecule has 0 aliphatic carbocycles. The Morgan fingerprint density at radius 2 is 1.64 bits per heavy atom. The van der Waals surface area contributed by atoms with E-state index in [4.69, 9.17) is 28.3 Å². The van der Waals surface area contributed by atoms with Crippen molar-refractivity contribution in [3.8, 4) is 11.1 Å². The minimum Gasteiger partial charge on any atom is -0.478 e. The fourth-order valence-electron chi connectivity index (χ4n) is 3.06. The Bertz CT molecular complexity index is 1210. The summed E-state index contributed by atoms with van der Waals surface area (Å²) in [6.45, 7) is 0. The van der Waals surface area contributed by atoms with Gasteiger partial charge in [-0.05, 0) is 42.0 Å². The number of hydrogen-bond acceptors (Lipinski definition) is 3. The molecule has 0 fully saturated rings. The number of rotatable bonds is 4. The highest BCUT2D eigenvalue weighted by molar-refractivity contribution is 6.41.